The molecule has 8 fully saturated rings. The molecular weight excluding hydrogens is 1060 g/mol. The number of Topliss-reactive ketones (excluding diaryl/α,β-unsaturated/α-hetero) is 1. The van der Waals surface area contributed by atoms with Gasteiger partial charge in [-0.3, -0.25) is 9.35 Å². The highest BCUT2D eigenvalue weighted by atomic mass is 32.3. The third-order valence-electron chi connectivity index (χ3n) is 18.8. The summed E-state index contributed by atoms with van der Waals surface area (Å²) in [5, 5.41) is 132. The molecule has 3 saturated carbocycles. The van der Waals surface area contributed by atoms with Gasteiger partial charge in [-0.2, -0.15) is 8.42 Å². The maximum atomic E-state index is 13.0. The van der Waals surface area contributed by atoms with Crippen LogP contribution in [0.2, 0.25) is 0 Å². The minimum Gasteiger partial charge on any atom is -0.394 e. The van der Waals surface area contributed by atoms with Gasteiger partial charge in [-0.05, 0) is 101 Å². The number of rotatable bonds is 14. The molecule has 5 heterocycles. The largest absolute Gasteiger partial charge is 0.397 e. The third-order valence-corrected chi connectivity index (χ3v) is 19.4. The van der Waals surface area contributed by atoms with Gasteiger partial charge < -0.3 is 109 Å². The standard InChI is InChI=1S/C50H80O27S/c1-17(52)23-7-8-24-22-14-27(26-13-21(77-78(64,65)66)9-11-50(26,6)25(22)10-12-49(23,24)5)71-46-40(63)41(32(55)20(4)70-46)74-47-42(75-44-38(61)35(58)30(53)18(2)68-44)34(57)29(16-67-47)73-48-43(37(60)33(56)28(15-51)72-48)76-45-39(62)36(59)31(54)19(3)69-45/h10,18-24,26-48,51,53-63H,7-9,11-16H2,1-6H3,(H,64,65,66)/t18-,19-,20-,21+,22+,23-,24+,26-,27+,28-,29-,30-,31+,32-,33+,34+,35+,36+,37+,38-,39-,40-,41+,42-,43-,44+,45+,46+,47+,48+,49-,50-/m1/s1. The highest BCUT2D eigenvalue weighted by Crippen LogP contribution is 2.66. The Balaban J connectivity index is 0.981. The number of ether oxygens (including phenoxy) is 10. The molecular formula is C50H80O27S. The summed E-state index contributed by atoms with van der Waals surface area (Å²) in [5.41, 5.74) is 0.245. The Labute approximate surface area is 451 Å². The van der Waals surface area contributed by atoms with Crippen LogP contribution in [0.4, 0.5) is 0 Å². The molecule has 4 aliphatic carbocycles. The van der Waals surface area contributed by atoms with Crippen molar-refractivity contribution in [2.24, 2.45) is 34.5 Å². The van der Waals surface area contributed by atoms with Crippen LogP contribution in [0.5, 0.6) is 0 Å². The van der Waals surface area contributed by atoms with Crippen LogP contribution in [0.25, 0.3) is 0 Å². The Morgan fingerprint density at radius 2 is 1.15 bits per heavy atom. The molecule has 27 nitrogen and oxygen atoms in total. The van der Waals surface area contributed by atoms with Crippen molar-refractivity contribution in [3.8, 4) is 0 Å². The van der Waals surface area contributed by atoms with Crippen molar-refractivity contribution in [3.05, 3.63) is 11.6 Å². The predicted molar refractivity (Wildman–Crippen MR) is 257 cm³/mol. The van der Waals surface area contributed by atoms with Gasteiger partial charge in [-0.15, -0.1) is 0 Å². The average Bonchev–Trinajstić information content (AvgIpc) is 3.77. The normalized spacial score (nSPS) is 53.9. The molecule has 0 aromatic carbocycles. The highest BCUT2D eigenvalue weighted by Gasteiger charge is 2.62. The second-order valence-corrected chi connectivity index (χ2v) is 24.7. The zero-order valence-corrected chi connectivity index (χ0v) is 45.0. The molecule has 0 unspecified atom stereocenters. The summed E-state index contributed by atoms with van der Waals surface area (Å²) in [6.45, 7) is 8.55. The summed E-state index contributed by atoms with van der Waals surface area (Å²) in [5.74, 6) is -0.507. The van der Waals surface area contributed by atoms with Crippen molar-refractivity contribution in [2.45, 2.75) is 246 Å². The summed E-state index contributed by atoms with van der Waals surface area (Å²) in [4.78, 5) is 13.0. The third kappa shape index (κ3) is 11.4. The number of ketones is 1. The van der Waals surface area contributed by atoms with Crippen LogP contribution >= 0.6 is 0 Å². The molecule has 13 N–H and O–H groups in total. The average molecular weight is 1150 g/mol. The van der Waals surface area contributed by atoms with Gasteiger partial charge >= 0.3 is 10.4 Å². The van der Waals surface area contributed by atoms with E-state index < -0.39 is 195 Å². The smallest absolute Gasteiger partial charge is 0.394 e. The van der Waals surface area contributed by atoms with Crippen molar-refractivity contribution in [1.82, 2.24) is 0 Å². The Bertz CT molecular complexity index is 2230. The number of carbonyl (C=O) groups excluding carboxylic acids is 1. The lowest BCUT2D eigenvalue weighted by Gasteiger charge is -2.59. The molecule has 0 aromatic rings. The Hall–Kier alpha value is -1.60. The van der Waals surface area contributed by atoms with Crippen molar-refractivity contribution in [1.29, 1.82) is 0 Å². The fraction of sp³-hybridized carbons (Fsp3) is 0.940. The molecule has 0 aromatic heterocycles. The quantitative estimate of drug-likeness (QED) is 0.0585. The molecule has 28 heteroatoms. The Morgan fingerprint density at radius 3 is 1.73 bits per heavy atom. The van der Waals surface area contributed by atoms with Gasteiger partial charge in [0.15, 0.2) is 31.5 Å². The van der Waals surface area contributed by atoms with E-state index in [-0.39, 0.29) is 35.4 Å². The summed E-state index contributed by atoms with van der Waals surface area (Å²) >= 11 is 0. The van der Waals surface area contributed by atoms with Crippen LogP contribution in [0, 0.1) is 34.5 Å². The molecule has 0 radical (unpaired) electrons. The first-order valence-corrected chi connectivity index (χ1v) is 28.4. The van der Waals surface area contributed by atoms with Crippen LogP contribution in [-0.2, 0) is 66.7 Å². The van der Waals surface area contributed by atoms with Gasteiger partial charge in [0.25, 0.3) is 0 Å². The number of allylic oxidation sites excluding steroid dienone is 2. The number of hydrogen-bond acceptors (Lipinski definition) is 26. The lowest BCUT2D eigenvalue weighted by molar-refractivity contribution is -0.398. The van der Waals surface area contributed by atoms with E-state index in [0.29, 0.717) is 32.1 Å². The first kappa shape index (κ1) is 61.0. The lowest BCUT2D eigenvalue weighted by atomic mass is 9.48. The van der Waals surface area contributed by atoms with Gasteiger partial charge in [0.1, 0.15) is 103 Å². The van der Waals surface area contributed by atoms with Gasteiger partial charge in [-0.1, -0.05) is 25.5 Å². The second-order valence-electron chi connectivity index (χ2n) is 23.6. The van der Waals surface area contributed by atoms with E-state index in [1.54, 1.807) is 6.92 Å². The zero-order chi connectivity index (χ0) is 56.8. The summed E-state index contributed by atoms with van der Waals surface area (Å²) < 4.78 is 99.6. The summed E-state index contributed by atoms with van der Waals surface area (Å²) in [6, 6.07) is 0. The lowest BCUT2D eigenvalue weighted by Crippen LogP contribution is -2.67. The molecule has 0 amide bonds. The molecule has 0 spiro atoms. The maximum absolute atomic E-state index is 13.0. The molecule has 0 bridgehead atoms. The molecule has 32 atom stereocenters. The number of hydrogen-bond donors (Lipinski definition) is 13. The summed E-state index contributed by atoms with van der Waals surface area (Å²) in [6.07, 6.45) is -36.7. The van der Waals surface area contributed by atoms with E-state index in [9.17, 15) is 79.0 Å². The van der Waals surface area contributed by atoms with Gasteiger partial charge in [0, 0.05) is 5.92 Å². The number of aliphatic hydroxyl groups excluding tert-OH is 12. The molecule has 78 heavy (non-hydrogen) atoms. The predicted octanol–water partition coefficient (Wildman–Crippen LogP) is -3.84. The van der Waals surface area contributed by atoms with E-state index in [0.717, 1.165) is 6.42 Å². The second kappa shape index (κ2) is 23.5. The van der Waals surface area contributed by atoms with E-state index >= 15 is 0 Å². The molecule has 5 aliphatic heterocycles. The molecule has 9 rings (SSSR count). The molecule has 9 aliphatic rings. The zero-order valence-electron chi connectivity index (χ0n) is 44.2. The van der Waals surface area contributed by atoms with E-state index in [4.69, 9.17) is 51.6 Å². The van der Waals surface area contributed by atoms with Crippen molar-refractivity contribution in [2.75, 3.05) is 13.2 Å². The fourth-order valence-corrected chi connectivity index (χ4v) is 14.9. The maximum Gasteiger partial charge on any atom is 0.397 e. The van der Waals surface area contributed by atoms with E-state index in [1.807, 2.05) is 0 Å². The van der Waals surface area contributed by atoms with Crippen LogP contribution in [0.15, 0.2) is 11.6 Å². The van der Waals surface area contributed by atoms with Gasteiger partial charge in [0.2, 0.25) is 0 Å². The highest BCUT2D eigenvalue weighted by molar-refractivity contribution is 7.80. The van der Waals surface area contributed by atoms with E-state index in [2.05, 4.69) is 19.9 Å². The minimum absolute atomic E-state index is 0.0808. The van der Waals surface area contributed by atoms with Crippen LogP contribution in [0.1, 0.15) is 86.5 Å². The fourth-order valence-electron chi connectivity index (χ4n) is 14.4. The van der Waals surface area contributed by atoms with Crippen LogP contribution in [0.3, 0.4) is 0 Å². The first-order valence-electron chi connectivity index (χ1n) is 27.0. The van der Waals surface area contributed by atoms with Crippen molar-refractivity contribution >= 4 is 16.2 Å². The Kier molecular flexibility index (Phi) is 18.3. The van der Waals surface area contributed by atoms with Gasteiger partial charge in [-0.25, -0.2) is 4.18 Å². The first-order chi connectivity index (χ1) is 36.6. The number of carbonyl (C=O) groups is 1. The minimum atomic E-state index is -4.85. The monoisotopic (exact) mass is 1140 g/mol. The number of aliphatic hydroxyl groups is 12. The van der Waals surface area contributed by atoms with Crippen LogP contribution < -0.4 is 0 Å². The molecule has 5 saturated heterocycles. The van der Waals surface area contributed by atoms with Gasteiger partial charge in [0.05, 0.1) is 43.7 Å². The Morgan fingerprint density at radius 1 is 0.603 bits per heavy atom. The summed E-state index contributed by atoms with van der Waals surface area (Å²) in [7, 11) is -4.85. The van der Waals surface area contributed by atoms with Crippen molar-refractivity contribution < 1.29 is 131 Å². The number of fused-ring (bicyclic) bond motifs is 5. The van der Waals surface area contributed by atoms with E-state index in [1.165, 1.54) is 26.3 Å². The SMILES string of the molecule is CC(=O)[C@H]1CC[C@H]2[C@@H]3C[C@H](O[C@@H]4O[C@H](C)[C@@H](O)[C@H](O[C@@H]5OC[C@@H](O[C@@H]6O[C@H](CO)[C@H](O)[C@H](O)[C@H]6O[C@@H]6O[C@H](C)[C@H](O)[C@H](O)[C@H]6O)[C@H](O)[C@H]5O[C@@H]5O[C@H](C)[C@@H](O)[C@H](O)[C@H]5O)[C@H]4O)[C@H]4C[C@@H](OS(=O)(=O)O)CC[C@]4(C)C3=CC[C@]12C. The van der Waals surface area contributed by atoms with Crippen molar-refractivity contribution in [3.63, 3.8) is 0 Å². The van der Waals surface area contributed by atoms with Crippen LogP contribution in [-0.4, -0.2) is 253 Å². The topological polar surface area (TPSA) is 416 Å². The molecule has 448 valence electrons.